The number of benzene rings is 1. The third kappa shape index (κ3) is 3.06. The minimum absolute atomic E-state index is 0.0176. The monoisotopic (exact) mass is 339 g/mol. The molecule has 2 aliphatic rings. The fraction of sp³-hybridized carbons (Fsp3) is 0.526. The zero-order valence-corrected chi connectivity index (χ0v) is 14.7. The summed E-state index contributed by atoms with van der Waals surface area (Å²) in [4.78, 5) is 15.1. The van der Waals surface area contributed by atoms with E-state index in [0.717, 1.165) is 51.0 Å². The minimum Gasteiger partial charge on any atom is -0.330 e. The zero-order chi connectivity index (χ0) is 17.2. The van der Waals surface area contributed by atoms with E-state index >= 15 is 0 Å². The van der Waals surface area contributed by atoms with Gasteiger partial charge in [-0.15, -0.1) is 5.10 Å². The SMILES string of the molecule is Cc1c(C(=O)N2CCCC2c2ccccc2)nnn1C1CCNCC1. The normalized spacial score (nSPS) is 21.6. The minimum atomic E-state index is 0.0176. The van der Waals surface area contributed by atoms with E-state index in [9.17, 15) is 4.79 Å². The Kier molecular flexibility index (Phi) is 4.53. The maximum Gasteiger partial charge on any atom is 0.276 e. The van der Waals surface area contributed by atoms with E-state index in [4.69, 9.17) is 0 Å². The highest BCUT2D eigenvalue weighted by Crippen LogP contribution is 2.33. The van der Waals surface area contributed by atoms with Crippen molar-refractivity contribution in [1.82, 2.24) is 25.2 Å². The molecule has 4 rings (SSSR count). The van der Waals surface area contributed by atoms with Crippen molar-refractivity contribution in [2.45, 2.75) is 44.7 Å². The summed E-state index contributed by atoms with van der Waals surface area (Å²) in [5.74, 6) is 0.0176. The van der Waals surface area contributed by atoms with Gasteiger partial charge in [-0.3, -0.25) is 4.79 Å². The van der Waals surface area contributed by atoms with Crippen LogP contribution in [-0.4, -0.2) is 45.4 Å². The highest BCUT2D eigenvalue weighted by Gasteiger charge is 2.33. The summed E-state index contributed by atoms with van der Waals surface area (Å²) in [5.41, 5.74) is 2.62. The van der Waals surface area contributed by atoms with E-state index < -0.39 is 0 Å². The topological polar surface area (TPSA) is 63.1 Å². The quantitative estimate of drug-likeness (QED) is 0.933. The van der Waals surface area contributed by atoms with Crippen molar-refractivity contribution in [3.8, 4) is 0 Å². The van der Waals surface area contributed by atoms with Crippen molar-refractivity contribution in [1.29, 1.82) is 0 Å². The van der Waals surface area contributed by atoms with Crippen LogP contribution in [0.4, 0.5) is 0 Å². The molecule has 6 nitrogen and oxygen atoms in total. The maximum absolute atomic E-state index is 13.1. The van der Waals surface area contributed by atoms with Crippen LogP contribution in [0, 0.1) is 6.92 Å². The van der Waals surface area contributed by atoms with Crippen molar-refractivity contribution in [2.75, 3.05) is 19.6 Å². The van der Waals surface area contributed by atoms with Crippen LogP contribution in [0.5, 0.6) is 0 Å². The van der Waals surface area contributed by atoms with Crippen LogP contribution in [0.25, 0.3) is 0 Å². The lowest BCUT2D eigenvalue weighted by Crippen LogP contribution is -2.32. The number of hydrogen-bond donors (Lipinski definition) is 1. The number of likely N-dealkylation sites (tertiary alicyclic amines) is 1. The van der Waals surface area contributed by atoms with Crippen molar-refractivity contribution < 1.29 is 4.79 Å². The largest absolute Gasteiger partial charge is 0.330 e. The van der Waals surface area contributed by atoms with Gasteiger partial charge in [-0.25, -0.2) is 4.68 Å². The highest BCUT2D eigenvalue weighted by molar-refractivity contribution is 5.93. The first kappa shape index (κ1) is 16.3. The first-order valence-corrected chi connectivity index (χ1v) is 9.24. The Balaban J connectivity index is 1.57. The molecule has 132 valence electrons. The molecular formula is C19H25N5O. The van der Waals surface area contributed by atoms with Crippen molar-refractivity contribution in [3.63, 3.8) is 0 Å². The Morgan fingerprint density at radius 2 is 1.92 bits per heavy atom. The number of piperidine rings is 1. The number of hydrogen-bond acceptors (Lipinski definition) is 4. The summed E-state index contributed by atoms with van der Waals surface area (Å²) >= 11 is 0. The molecule has 0 radical (unpaired) electrons. The van der Waals surface area contributed by atoms with Gasteiger partial charge in [0.25, 0.3) is 5.91 Å². The fourth-order valence-electron chi connectivity index (χ4n) is 4.10. The second-order valence-electron chi connectivity index (χ2n) is 7.02. The van der Waals surface area contributed by atoms with Gasteiger partial charge in [-0.1, -0.05) is 35.5 Å². The lowest BCUT2D eigenvalue weighted by Gasteiger charge is -2.25. The highest BCUT2D eigenvalue weighted by atomic mass is 16.2. The molecule has 1 aromatic carbocycles. The Bertz CT molecular complexity index is 736. The molecule has 3 heterocycles. The van der Waals surface area contributed by atoms with Gasteiger partial charge in [0.2, 0.25) is 0 Å². The fourth-order valence-corrected chi connectivity index (χ4v) is 4.10. The molecule has 1 unspecified atom stereocenters. The van der Waals surface area contributed by atoms with E-state index in [1.54, 1.807) is 0 Å². The van der Waals surface area contributed by atoms with Crippen LogP contribution in [-0.2, 0) is 0 Å². The standard InChI is InChI=1S/C19H25N5O/c1-14-18(21-22-24(14)16-9-11-20-12-10-16)19(25)23-13-5-8-17(23)15-6-3-2-4-7-15/h2-4,6-7,16-17,20H,5,8-13H2,1H3. The predicted molar refractivity (Wildman–Crippen MR) is 95.4 cm³/mol. The Morgan fingerprint density at radius 3 is 2.68 bits per heavy atom. The van der Waals surface area contributed by atoms with Gasteiger partial charge >= 0.3 is 0 Å². The molecular weight excluding hydrogens is 314 g/mol. The predicted octanol–water partition coefficient (Wildman–Crippen LogP) is 2.49. The average molecular weight is 339 g/mol. The molecule has 0 bridgehead atoms. The second kappa shape index (κ2) is 6.96. The van der Waals surface area contributed by atoms with Gasteiger partial charge in [0.05, 0.1) is 17.8 Å². The molecule has 0 spiro atoms. The van der Waals surface area contributed by atoms with E-state index in [0.29, 0.717) is 11.7 Å². The number of nitrogens with one attached hydrogen (secondary N) is 1. The van der Waals surface area contributed by atoms with Gasteiger partial charge in [0.1, 0.15) is 0 Å². The second-order valence-corrected chi connectivity index (χ2v) is 7.02. The number of carbonyl (C=O) groups is 1. The lowest BCUT2D eigenvalue weighted by atomic mass is 10.0. The number of rotatable bonds is 3. The summed E-state index contributed by atoms with van der Waals surface area (Å²) in [6.45, 7) is 4.76. The van der Waals surface area contributed by atoms with Crippen LogP contribution in [0.3, 0.4) is 0 Å². The molecule has 0 saturated carbocycles. The molecule has 25 heavy (non-hydrogen) atoms. The van der Waals surface area contributed by atoms with Crippen LogP contribution in [0.1, 0.15) is 59.5 Å². The van der Waals surface area contributed by atoms with E-state index in [2.05, 4.69) is 27.8 Å². The molecule has 6 heteroatoms. The van der Waals surface area contributed by atoms with Gasteiger partial charge in [0.15, 0.2) is 5.69 Å². The maximum atomic E-state index is 13.1. The summed E-state index contributed by atoms with van der Waals surface area (Å²) < 4.78 is 1.96. The first-order chi connectivity index (χ1) is 12.3. The van der Waals surface area contributed by atoms with Crippen LogP contribution < -0.4 is 5.32 Å². The molecule has 1 amide bonds. The molecule has 2 saturated heterocycles. The lowest BCUT2D eigenvalue weighted by molar-refractivity contribution is 0.0728. The molecule has 1 aromatic heterocycles. The average Bonchev–Trinajstić information content (AvgIpc) is 3.29. The number of nitrogens with zero attached hydrogens (tertiary/aromatic N) is 4. The summed E-state index contributed by atoms with van der Waals surface area (Å²) in [5, 5.41) is 12.0. The Labute approximate surface area is 148 Å². The van der Waals surface area contributed by atoms with Gasteiger partial charge < -0.3 is 10.2 Å². The Hall–Kier alpha value is -2.21. The van der Waals surface area contributed by atoms with E-state index in [1.807, 2.05) is 34.7 Å². The molecule has 2 aliphatic heterocycles. The molecule has 1 N–H and O–H groups in total. The summed E-state index contributed by atoms with van der Waals surface area (Å²) in [6.07, 6.45) is 4.12. The molecule has 0 aliphatic carbocycles. The third-order valence-corrected chi connectivity index (χ3v) is 5.48. The van der Waals surface area contributed by atoms with Crippen molar-refractivity contribution >= 4 is 5.91 Å². The molecule has 1 atom stereocenters. The van der Waals surface area contributed by atoms with Gasteiger partial charge in [-0.2, -0.15) is 0 Å². The summed E-state index contributed by atoms with van der Waals surface area (Å²) in [7, 11) is 0. The van der Waals surface area contributed by atoms with Crippen molar-refractivity contribution in [2.24, 2.45) is 0 Å². The van der Waals surface area contributed by atoms with Gasteiger partial charge in [-0.05, 0) is 51.3 Å². The molecule has 2 aromatic rings. The smallest absolute Gasteiger partial charge is 0.276 e. The van der Waals surface area contributed by atoms with Crippen LogP contribution >= 0.6 is 0 Å². The summed E-state index contributed by atoms with van der Waals surface area (Å²) in [6, 6.07) is 10.8. The third-order valence-electron chi connectivity index (χ3n) is 5.48. The number of aromatic nitrogens is 3. The van der Waals surface area contributed by atoms with Crippen LogP contribution in [0.2, 0.25) is 0 Å². The van der Waals surface area contributed by atoms with E-state index in [-0.39, 0.29) is 11.9 Å². The van der Waals surface area contributed by atoms with Crippen LogP contribution in [0.15, 0.2) is 30.3 Å². The first-order valence-electron chi connectivity index (χ1n) is 9.24. The number of amides is 1. The zero-order valence-electron chi connectivity index (χ0n) is 14.7. The number of carbonyl (C=O) groups excluding carboxylic acids is 1. The van der Waals surface area contributed by atoms with Gasteiger partial charge in [0, 0.05) is 6.54 Å². The molecule has 2 fully saturated rings. The van der Waals surface area contributed by atoms with Crippen molar-refractivity contribution in [3.05, 3.63) is 47.3 Å². The van der Waals surface area contributed by atoms with E-state index in [1.165, 1.54) is 5.56 Å². The Morgan fingerprint density at radius 1 is 1.16 bits per heavy atom.